The third kappa shape index (κ3) is 3.15. The van der Waals surface area contributed by atoms with Gasteiger partial charge in [-0.2, -0.15) is 0 Å². The molecule has 7 heteroatoms. The van der Waals surface area contributed by atoms with Crippen LogP contribution in [-0.2, 0) is 9.59 Å². The van der Waals surface area contributed by atoms with Crippen LogP contribution in [0.15, 0.2) is 52.1 Å². The van der Waals surface area contributed by atoms with Crippen molar-refractivity contribution < 1.29 is 19.1 Å². The topological polar surface area (TPSA) is 55.8 Å². The molecule has 1 atom stereocenters. The zero-order valence-electron chi connectivity index (χ0n) is 15.4. The van der Waals surface area contributed by atoms with Crippen LogP contribution in [0, 0.1) is 0 Å². The number of hydrogen-bond donors (Lipinski definition) is 0. The summed E-state index contributed by atoms with van der Waals surface area (Å²) in [6.07, 6.45) is 2.09. The van der Waals surface area contributed by atoms with Crippen molar-refractivity contribution in [3.05, 3.63) is 62.7 Å². The first-order valence-electron chi connectivity index (χ1n) is 9.46. The van der Waals surface area contributed by atoms with Crippen LogP contribution in [-0.4, -0.2) is 18.5 Å². The number of Topliss-reactive ketones (excluding diaryl/α,β-unsaturated/α-hetero) is 1. The van der Waals surface area contributed by atoms with Gasteiger partial charge in [0.05, 0.1) is 10.7 Å². The van der Waals surface area contributed by atoms with E-state index in [1.807, 2.05) is 30.3 Å². The highest BCUT2D eigenvalue weighted by atomic mass is 79.9. The van der Waals surface area contributed by atoms with Crippen LogP contribution in [0.25, 0.3) is 0 Å². The number of carbonyl (C=O) groups is 2. The Balaban J connectivity index is 1.64. The van der Waals surface area contributed by atoms with Crippen molar-refractivity contribution in [1.82, 2.24) is 0 Å². The van der Waals surface area contributed by atoms with E-state index in [0.717, 1.165) is 22.2 Å². The molecule has 2 aromatic rings. The van der Waals surface area contributed by atoms with E-state index in [-0.39, 0.29) is 30.8 Å². The Kier molecular flexibility index (Phi) is 4.63. The first-order valence-corrected chi connectivity index (χ1v) is 10.6. The van der Waals surface area contributed by atoms with Gasteiger partial charge in [0.25, 0.3) is 0 Å². The lowest BCUT2D eigenvalue weighted by atomic mass is 9.77. The summed E-state index contributed by atoms with van der Waals surface area (Å²) in [7, 11) is 0. The summed E-state index contributed by atoms with van der Waals surface area (Å²) in [4.78, 5) is 27.9. The Morgan fingerprint density at radius 1 is 1.03 bits per heavy atom. The summed E-state index contributed by atoms with van der Waals surface area (Å²) in [5.74, 6) is 1.08. The van der Waals surface area contributed by atoms with Crippen LogP contribution in [0.3, 0.4) is 0 Å². The summed E-state index contributed by atoms with van der Waals surface area (Å²) in [6.45, 7) is 0.186. The maximum absolute atomic E-state index is 13.3. The quantitative estimate of drug-likeness (QED) is 0.588. The number of rotatable bonds is 2. The van der Waals surface area contributed by atoms with Crippen LogP contribution in [0.2, 0.25) is 5.02 Å². The van der Waals surface area contributed by atoms with Crippen LogP contribution >= 0.6 is 27.5 Å². The number of ketones is 1. The average Bonchev–Trinajstić information content (AvgIpc) is 3.16. The maximum atomic E-state index is 13.3. The Hall–Kier alpha value is -2.31. The van der Waals surface area contributed by atoms with E-state index in [9.17, 15) is 9.59 Å². The minimum Gasteiger partial charge on any atom is -0.454 e. The number of anilines is 1. The van der Waals surface area contributed by atoms with Crippen LogP contribution in [0.4, 0.5) is 5.69 Å². The van der Waals surface area contributed by atoms with Gasteiger partial charge < -0.3 is 9.47 Å². The molecule has 5 rings (SSSR count). The molecule has 0 N–H and O–H groups in total. The molecular weight excluding hydrogens is 458 g/mol. The molecule has 148 valence electrons. The number of hydrogen-bond acceptors (Lipinski definition) is 4. The SMILES string of the molecule is O=C1CCCC2=C1C(c1ccc3c(c1)OCO3)CC(=O)N2c1ccc(Br)cc1Cl. The zero-order valence-corrected chi connectivity index (χ0v) is 17.8. The Morgan fingerprint density at radius 2 is 1.86 bits per heavy atom. The van der Waals surface area contributed by atoms with Gasteiger partial charge in [-0.05, 0) is 48.7 Å². The highest BCUT2D eigenvalue weighted by Crippen LogP contribution is 2.46. The van der Waals surface area contributed by atoms with Crippen molar-refractivity contribution in [3.8, 4) is 11.5 Å². The van der Waals surface area contributed by atoms with Crippen molar-refractivity contribution in [3.63, 3.8) is 0 Å². The summed E-state index contributed by atoms with van der Waals surface area (Å²) in [5.41, 5.74) is 3.00. The van der Waals surface area contributed by atoms with Crippen molar-refractivity contribution in [2.75, 3.05) is 11.7 Å². The number of halogens is 2. The molecule has 2 aliphatic heterocycles. The number of amides is 1. The molecule has 0 aromatic heterocycles. The molecular formula is C22H17BrClNO4. The molecule has 0 spiro atoms. The summed E-state index contributed by atoms with van der Waals surface area (Å²) in [6, 6.07) is 11.1. The molecule has 2 heterocycles. The minimum absolute atomic E-state index is 0.0645. The molecule has 1 unspecified atom stereocenters. The third-order valence-electron chi connectivity index (χ3n) is 5.62. The molecule has 0 saturated carbocycles. The number of carbonyl (C=O) groups excluding carboxylic acids is 2. The molecule has 29 heavy (non-hydrogen) atoms. The Morgan fingerprint density at radius 3 is 2.69 bits per heavy atom. The highest BCUT2D eigenvalue weighted by molar-refractivity contribution is 9.10. The van der Waals surface area contributed by atoms with E-state index < -0.39 is 0 Å². The Bertz CT molecular complexity index is 1080. The van der Waals surface area contributed by atoms with Gasteiger partial charge >= 0.3 is 0 Å². The number of fused-ring (bicyclic) bond motifs is 1. The van der Waals surface area contributed by atoms with Gasteiger partial charge in [0.1, 0.15) is 0 Å². The zero-order chi connectivity index (χ0) is 20.1. The van der Waals surface area contributed by atoms with E-state index in [1.165, 1.54) is 0 Å². The highest BCUT2D eigenvalue weighted by Gasteiger charge is 2.40. The third-order valence-corrected chi connectivity index (χ3v) is 6.42. The number of allylic oxidation sites excluding steroid dienone is 2. The van der Waals surface area contributed by atoms with E-state index in [2.05, 4.69) is 15.9 Å². The molecule has 1 amide bonds. The standard InChI is InChI=1S/C22H17BrClNO4/c23-13-5-6-16(15(24)9-13)25-17-2-1-3-18(26)22(17)14(10-21(25)27)12-4-7-19-20(8-12)29-11-28-19/h4-9,14H,1-3,10-11H2. The lowest BCUT2D eigenvalue weighted by Gasteiger charge is -2.38. The van der Waals surface area contributed by atoms with Crippen LogP contribution in [0.1, 0.15) is 37.2 Å². The fourth-order valence-electron chi connectivity index (χ4n) is 4.35. The second-order valence-electron chi connectivity index (χ2n) is 7.33. The van der Waals surface area contributed by atoms with Gasteiger partial charge in [0, 0.05) is 34.5 Å². The minimum atomic E-state index is -0.287. The lowest BCUT2D eigenvalue weighted by molar-refractivity contribution is -0.119. The van der Waals surface area contributed by atoms with Crippen LogP contribution < -0.4 is 14.4 Å². The van der Waals surface area contributed by atoms with Crippen molar-refractivity contribution in [1.29, 1.82) is 0 Å². The Labute approximate surface area is 181 Å². The number of nitrogens with zero attached hydrogens (tertiary/aromatic N) is 1. The van der Waals surface area contributed by atoms with Gasteiger partial charge in [0.15, 0.2) is 17.3 Å². The van der Waals surface area contributed by atoms with Crippen molar-refractivity contribution in [2.24, 2.45) is 0 Å². The molecule has 1 aliphatic carbocycles. The first-order chi connectivity index (χ1) is 14.0. The second kappa shape index (κ2) is 7.18. The molecule has 2 aromatic carbocycles. The van der Waals surface area contributed by atoms with E-state index in [4.69, 9.17) is 21.1 Å². The summed E-state index contributed by atoms with van der Waals surface area (Å²) < 4.78 is 11.7. The molecule has 0 saturated heterocycles. The predicted octanol–water partition coefficient (Wildman–Crippen LogP) is 5.36. The van der Waals surface area contributed by atoms with Gasteiger partial charge in [0.2, 0.25) is 12.7 Å². The number of benzene rings is 2. The summed E-state index contributed by atoms with van der Waals surface area (Å²) >= 11 is 9.85. The largest absolute Gasteiger partial charge is 0.454 e. The van der Waals surface area contributed by atoms with Crippen LogP contribution in [0.5, 0.6) is 11.5 Å². The maximum Gasteiger partial charge on any atom is 0.232 e. The number of ether oxygens (including phenoxy) is 2. The lowest BCUT2D eigenvalue weighted by Crippen LogP contribution is -2.40. The van der Waals surface area contributed by atoms with Crippen molar-refractivity contribution in [2.45, 2.75) is 31.6 Å². The van der Waals surface area contributed by atoms with E-state index in [0.29, 0.717) is 40.6 Å². The molecule has 5 nitrogen and oxygen atoms in total. The molecule has 0 radical (unpaired) electrons. The van der Waals surface area contributed by atoms with Gasteiger partial charge in [-0.15, -0.1) is 0 Å². The van der Waals surface area contributed by atoms with Gasteiger partial charge in [-0.3, -0.25) is 14.5 Å². The van der Waals surface area contributed by atoms with E-state index in [1.54, 1.807) is 11.0 Å². The fraction of sp³-hybridized carbons (Fsp3) is 0.273. The normalized spacial score (nSPS) is 20.9. The van der Waals surface area contributed by atoms with Gasteiger partial charge in [-0.25, -0.2) is 0 Å². The average molecular weight is 475 g/mol. The van der Waals surface area contributed by atoms with Gasteiger partial charge in [-0.1, -0.05) is 33.6 Å². The molecule has 3 aliphatic rings. The van der Waals surface area contributed by atoms with Crippen molar-refractivity contribution >= 4 is 44.9 Å². The molecule has 0 fully saturated rings. The fourth-order valence-corrected chi connectivity index (χ4v) is 5.11. The summed E-state index contributed by atoms with van der Waals surface area (Å²) in [5, 5.41) is 0.471. The predicted molar refractivity (Wildman–Crippen MR) is 112 cm³/mol. The monoisotopic (exact) mass is 473 g/mol. The first kappa shape index (κ1) is 18.7. The molecule has 0 bridgehead atoms. The van der Waals surface area contributed by atoms with E-state index >= 15 is 0 Å². The second-order valence-corrected chi connectivity index (χ2v) is 8.65. The smallest absolute Gasteiger partial charge is 0.232 e.